The Morgan fingerprint density at radius 3 is 2.04 bits per heavy atom. The maximum atomic E-state index is 13.4. The molecule has 26 heavy (non-hydrogen) atoms. The number of alkyl halides is 5. The fourth-order valence-corrected chi connectivity index (χ4v) is 1.49. The number of para-hydroxylation sites is 1. The maximum absolute atomic E-state index is 13.4. The minimum atomic E-state index is -5.91. The number of esters is 2. The zero-order valence-electron chi connectivity index (χ0n) is 12.6. The summed E-state index contributed by atoms with van der Waals surface area (Å²) in [5, 5.41) is -4.15. The first kappa shape index (κ1) is 21.8. The number of hydrogen-bond donors (Lipinski definition) is 1. The topological polar surface area (TPSA) is 61.8 Å². The highest BCUT2D eigenvalue weighted by Gasteiger charge is 2.68. The van der Waals surface area contributed by atoms with Gasteiger partial charge >= 0.3 is 29.2 Å². The van der Waals surface area contributed by atoms with Gasteiger partial charge in [0.25, 0.3) is 0 Å². The zero-order chi connectivity index (χ0) is 20.2. The Balaban J connectivity index is 3.32. The third kappa shape index (κ3) is 5.66. The number of halogens is 6. The summed E-state index contributed by atoms with van der Waals surface area (Å²) in [5.74, 6) is -12.0. The summed E-state index contributed by atoms with van der Waals surface area (Å²) in [4.78, 5) is 23.2. The second kappa shape index (κ2) is 7.99. The van der Waals surface area contributed by atoms with Gasteiger partial charge in [-0.1, -0.05) is 24.8 Å². The second-order valence-corrected chi connectivity index (χ2v) is 5.22. The molecule has 0 saturated carbocycles. The number of hydrogen-bond acceptors (Lipinski definition) is 6. The van der Waals surface area contributed by atoms with E-state index in [1.807, 2.05) is 0 Å². The van der Waals surface area contributed by atoms with Crippen molar-refractivity contribution in [3.8, 4) is 5.75 Å². The fraction of sp³-hybridized carbons (Fsp3) is 0.286. The molecule has 0 N–H and O–H groups in total. The van der Waals surface area contributed by atoms with Crippen molar-refractivity contribution >= 4 is 24.6 Å². The van der Waals surface area contributed by atoms with Crippen molar-refractivity contribution in [3.05, 3.63) is 42.7 Å². The average molecular weight is 404 g/mol. The van der Waals surface area contributed by atoms with E-state index < -0.39 is 47.3 Å². The van der Waals surface area contributed by atoms with Crippen LogP contribution in [0.5, 0.6) is 5.75 Å². The summed E-state index contributed by atoms with van der Waals surface area (Å²) in [6.07, 6.45) is -5.91. The Morgan fingerprint density at radius 2 is 1.62 bits per heavy atom. The summed E-state index contributed by atoms with van der Waals surface area (Å²) >= 11 is 2.65. The molecule has 0 aliphatic carbocycles. The Morgan fingerprint density at radius 1 is 1.08 bits per heavy atom. The van der Waals surface area contributed by atoms with E-state index in [0.717, 1.165) is 12.1 Å². The van der Waals surface area contributed by atoms with Crippen molar-refractivity contribution in [2.24, 2.45) is 0 Å². The summed E-state index contributed by atoms with van der Waals surface area (Å²) in [6.45, 7) is 0.275. The van der Waals surface area contributed by atoms with Gasteiger partial charge in [0.15, 0.2) is 0 Å². The van der Waals surface area contributed by atoms with E-state index in [-0.39, 0.29) is 0 Å². The van der Waals surface area contributed by atoms with Gasteiger partial charge in [0.05, 0.1) is 0 Å². The lowest BCUT2D eigenvalue weighted by Gasteiger charge is -2.32. The molecule has 0 spiro atoms. The highest BCUT2D eigenvalue weighted by atomic mass is 32.1. The number of rotatable bonds is 7. The SMILES string of the molecule is C=C(F)C(=O)OC(OCC(F)(F)S)(C(=O)Oc1ccccc1)C(F)(F)F. The largest absolute Gasteiger partial charge is 0.468 e. The molecule has 5 nitrogen and oxygen atoms in total. The summed E-state index contributed by atoms with van der Waals surface area (Å²) in [6, 6.07) is 6.07. The van der Waals surface area contributed by atoms with E-state index in [1.54, 1.807) is 0 Å². The summed E-state index contributed by atoms with van der Waals surface area (Å²) < 4.78 is 90.5. The van der Waals surface area contributed by atoms with Gasteiger partial charge < -0.3 is 14.2 Å². The molecule has 0 amide bonds. The van der Waals surface area contributed by atoms with Gasteiger partial charge in [0, 0.05) is 0 Å². The van der Waals surface area contributed by atoms with Crippen molar-refractivity contribution in [1.82, 2.24) is 0 Å². The number of benzene rings is 1. The molecule has 1 aromatic rings. The number of thiol groups is 1. The zero-order valence-corrected chi connectivity index (χ0v) is 13.5. The van der Waals surface area contributed by atoms with Crippen molar-refractivity contribution in [3.63, 3.8) is 0 Å². The molecule has 0 saturated heterocycles. The molecule has 144 valence electrons. The van der Waals surface area contributed by atoms with Crippen LogP contribution in [0.2, 0.25) is 0 Å². The van der Waals surface area contributed by atoms with Crippen molar-refractivity contribution in [1.29, 1.82) is 0 Å². The molecule has 1 aromatic carbocycles. The Hall–Kier alpha value is -2.21. The minimum absolute atomic E-state index is 0.456. The van der Waals surface area contributed by atoms with Crippen molar-refractivity contribution in [2.45, 2.75) is 17.2 Å². The van der Waals surface area contributed by atoms with Crippen LogP contribution in [0.15, 0.2) is 42.7 Å². The lowest BCUT2D eigenvalue weighted by Crippen LogP contribution is -2.60. The third-order valence-corrected chi connectivity index (χ3v) is 2.63. The molecule has 1 rings (SSSR count). The molecule has 0 radical (unpaired) electrons. The van der Waals surface area contributed by atoms with Crippen LogP contribution in [0.3, 0.4) is 0 Å². The molecular formula is C14H10F6O5S. The number of carbonyl (C=O) groups is 2. The van der Waals surface area contributed by atoms with Gasteiger partial charge in [-0.05, 0) is 12.1 Å². The molecule has 0 heterocycles. The monoisotopic (exact) mass is 404 g/mol. The number of carbonyl (C=O) groups excluding carboxylic acids is 2. The van der Waals surface area contributed by atoms with Crippen LogP contribution >= 0.6 is 12.6 Å². The smallest absolute Gasteiger partial charge is 0.421 e. The highest BCUT2D eigenvalue weighted by Crippen LogP contribution is 2.38. The van der Waals surface area contributed by atoms with Gasteiger partial charge in [-0.2, -0.15) is 26.3 Å². The molecule has 1 unspecified atom stereocenters. The quantitative estimate of drug-likeness (QED) is 0.189. The predicted molar refractivity (Wildman–Crippen MR) is 77.1 cm³/mol. The summed E-state index contributed by atoms with van der Waals surface area (Å²) in [7, 11) is 0. The van der Waals surface area contributed by atoms with Crippen LogP contribution in [0.4, 0.5) is 26.3 Å². The van der Waals surface area contributed by atoms with Crippen molar-refractivity contribution in [2.75, 3.05) is 6.61 Å². The lowest BCUT2D eigenvalue weighted by atomic mass is 10.2. The van der Waals surface area contributed by atoms with Crippen molar-refractivity contribution < 1.29 is 50.1 Å². The van der Waals surface area contributed by atoms with Crippen LogP contribution in [-0.2, 0) is 19.1 Å². The van der Waals surface area contributed by atoms with Crippen LogP contribution in [0.1, 0.15) is 0 Å². The van der Waals surface area contributed by atoms with Crippen LogP contribution in [0, 0.1) is 0 Å². The normalized spacial score (nSPS) is 14.3. The van der Waals surface area contributed by atoms with E-state index in [4.69, 9.17) is 0 Å². The van der Waals surface area contributed by atoms with Gasteiger partial charge in [0.1, 0.15) is 12.4 Å². The average Bonchev–Trinajstić information content (AvgIpc) is 2.49. The van der Waals surface area contributed by atoms with E-state index in [9.17, 15) is 35.9 Å². The van der Waals surface area contributed by atoms with Crippen LogP contribution in [-0.4, -0.2) is 35.8 Å². The van der Waals surface area contributed by atoms with E-state index in [2.05, 4.69) is 33.4 Å². The molecule has 0 aromatic heterocycles. The Labute approximate surface area is 147 Å². The predicted octanol–water partition coefficient (Wildman–Crippen LogP) is 3.42. The molecule has 0 aliphatic rings. The fourth-order valence-electron chi connectivity index (χ4n) is 1.42. The molecule has 1 atom stereocenters. The Bertz CT molecular complexity index is 673. The van der Waals surface area contributed by atoms with E-state index >= 15 is 0 Å². The molecule has 0 bridgehead atoms. The highest BCUT2D eigenvalue weighted by molar-refractivity contribution is 7.81. The molecule has 0 fully saturated rings. The third-order valence-electron chi connectivity index (χ3n) is 2.50. The molecule has 12 heteroatoms. The van der Waals surface area contributed by atoms with E-state index in [1.165, 1.54) is 18.2 Å². The second-order valence-electron chi connectivity index (χ2n) is 4.57. The van der Waals surface area contributed by atoms with Gasteiger partial charge in [-0.15, -0.1) is 12.6 Å². The van der Waals surface area contributed by atoms with Gasteiger partial charge in [-0.3, -0.25) is 0 Å². The van der Waals surface area contributed by atoms with E-state index in [0.29, 0.717) is 0 Å². The minimum Gasteiger partial charge on any atom is -0.421 e. The molecular weight excluding hydrogens is 394 g/mol. The van der Waals surface area contributed by atoms with Crippen LogP contribution < -0.4 is 4.74 Å². The van der Waals surface area contributed by atoms with Gasteiger partial charge in [-0.25, -0.2) is 9.59 Å². The molecule has 0 aliphatic heterocycles. The number of ether oxygens (including phenoxy) is 3. The van der Waals surface area contributed by atoms with Crippen LogP contribution in [0.25, 0.3) is 0 Å². The Kier molecular flexibility index (Phi) is 6.71. The van der Waals surface area contributed by atoms with Gasteiger partial charge in [0.2, 0.25) is 5.83 Å². The first-order valence-electron chi connectivity index (χ1n) is 6.44. The lowest BCUT2D eigenvalue weighted by molar-refractivity contribution is -0.357. The first-order chi connectivity index (χ1) is 11.8. The summed E-state index contributed by atoms with van der Waals surface area (Å²) in [5.41, 5.74) is 0. The first-order valence-corrected chi connectivity index (χ1v) is 6.89. The maximum Gasteiger partial charge on any atom is 0.468 e. The standard InChI is InChI=1S/C14H10F6O5S/c1-8(15)10(21)25-13(14(18,19)20,23-7-12(16,17)26)11(22)24-9-5-3-2-4-6-9/h2-6,26H,1,7H2.